The fourth-order valence-electron chi connectivity index (χ4n) is 2.85. The first-order valence-electron chi connectivity index (χ1n) is 7.06. The second kappa shape index (κ2) is 5.21. The molecule has 104 valence electrons. The van der Waals surface area contributed by atoms with E-state index in [-0.39, 0.29) is 11.9 Å². The molecular weight excluding hydrogens is 250 g/mol. The van der Waals surface area contributed by atoms with Gasteiger partial charge in [-0.2, -0.15) is 0 Å². The SMILES string of the molecule is Cc1cc(C(=O)N2CCC[C@@H](N)C2)c2ccccc2n1. The van der Waals surface area contributed by atoms with E-state index in [1.165, 1.54) is 0 Å². The number of likely N-dealkylation sites (tertiary alicyclic amines) is 1. The lowest BCUT2D eigenvalue weighted by Crippen LogP contribution is -2.45. The average Bonchev–Trinajstić information content (AvgIpc) is 2.45. The summed E-state index contributed by atoms with van der Waals surface area (Å²) in [6.07, 6.45) is 1.98. The maximum absolute atomic E-state index is 12.8. The third-order valence-electron chi connectivity index (χ3n) is 3.82. The Labute approximate surface area is 118 Å². The van der Waals surface area contributed by atoms with Gasteiger partial charge >= 0.3 is 0 Å². The lowest BCUT2D eigenvalue weighted by molar-refractivity contribution is 0.0710. The highest BCUT2D eigenvalue weighted by Gasteiger charge is 2.23. The van der Waals surface area contributed by atoms with Gasteiger partial charge in [-0.25, -0.2) is 0 Å². The summed E-state index contributed by atoms with van der Waals surface area (Å²) in [6.45, 7) is 3.36. The number of hydrogen-bond donors (Lipinski definition) is 1. The van der Waals surface area contributed by atoms with E-state index in [0.29, 0.717) is 6.54 Å². The van der Waals surface area contributed by atoms with Crippen LogP contribution < -0.4 is 5.73 Å². The van der Waals surface area contributed by atoms with Crippen molar-refractivity contribution < 1.29 is 4.79 Å². The summed E-state index contributed by atoms with van der Waals surface area (Å²) in [5, 5.41) is 0.919. The van der Waals surface area contributed by atoms with Crippen LogP contribution in [0, 0.1) is 6.92 Å². The average molecular weight is 269 g/mol. The van der Waals surface area contributed by atoms with Crippen molar-refractivity contribution in [3.63, 3.8) is 0 Å². The number of piperidine rings is 1. The molecule has 1 saturated heterocycles. The minimum atomic E-state index is 0.0712. The number of benzene rings is 1. The molecule has 1 aliphatic rings. The van der Waals surface area contributed by atoms with Gasteiger partial charge in [-0.1, -0.05) is 18.2 Å². The Bertz CT molecular complexity index is 653. The third-order valence-corrected chi connectivity index (χ3v) is 3.82. The smallest absolute Gasteiger partial charge is 0.254 e. The second-order valence-electron chi connectivity index (χ2n) is 5.48. The summed E-state index contributed by atoms with van der Waals surface area (Å²) in [5.74, 6) is 0.0712. The van der Waals surface area contributed by atoms with Gasteiger partial charge in [0, 0.05) is 30.2 Å². The number of pyridine rings is 1. The number of nitrogens with zero attached hydrogens (tertiary/aromatic N) is 2. The Morgan fingerprint density at radius 3 is 3.00 bits per heavy atom. The van der Waals surface area contributed by atoms with Crippen molar-refractivity contribution in [1.82, 2.24) is 9.88 Å². The number of para-hydroxylation sites is 1. The number of nitrogens with two attached hydrogens (primary N) is 1. The molecule has 0 spiro atoms. The molecule has 4 nitrogen and oxygen atoms in total. The molecule has 2 aromatic rings. The van der Waals surface area contributed by atoms with Crippen LogP contribution in [0.4, 0.5) is 0 Å². The zero-order valence-electron chi connectivity index (χ0n) is 11.7. The number of hydrogen-bond acceptors (Lipinski definition) is 3. The quantitative estimate of drug-likeness (QED) is 0.862. The van der Waals surface area contributed by atoms with E-state index in [9.17, 15) is 4.79 Å². The van der Waals surface area contributed by atoms with E-state index in [1.54, 1.807) is 0 Å². The number of amides is 1. The van der Waals surface area contributed by atoms with Gasteiger partial charge in [0.05, 0.1) is 11.1 Å². The first kappa shape index (κ1) is 13.1. The van der Waals surface area contributed by atoms with Crippen LogP contribution in [0.5, 0.6) is 0 Å². The molecule has 2 N–H and O–H groups in total. The first-order valence-corrected chi connectivity index (χ1v) is 7.06. The molecule has 1 aliphatic heterocycles. The van der Waals surface area contributed by atoms with Crippen LogP contribution in [0.1, 0.15) is 28.9 Å². The molecule has 1 aromatic carbocycles. The Kier molecular flexibility index (Phi) is 3.40. The topological polar surface area (TPSA) is 59.2 Å². The molecule has 1 amide bonds. The number of aromatic nitrogens is 1. The summed E-state index contributed by atoms with van der Waals surface area (Å²) in [4.78, 5) is 19.1. The van der Waals surface area contributed by atoms with Crippen molar-refractivity contribution in [2.75, 3.05) is 13.1 Å². The maximum atomic E-state index is 12.8. The van der Waals surface area contributed by atoms with E-state index < -0.39 is 0 Å². The van der Waals surface area contributed by atoms with E-state index in [2.05, 4.69) is 4.98 Å². The molecule has 4 heteroatoms. The predicted octanol–water partition coefficient (Wildman–Crippen LogP) is 2.11. The molecule has 2 heterocycles. The molecule has 0 unspecified atom stereocenters. The highest BCUT2D eigenvalue weighted by molar-refractivity contribution is 6.06. The van der Waals surface area contributed by atoms with Crippen LogP contribution in [0.3, 0.4) is 0 Å². The molecular formula is C16H19N3O. The molecule has 1 fully saturated rings. The monoisotopic (exact) mass is 269 g/mol. The normalized spacial score (nSPS) is 19.3. The van der Waals surface area contributed by atoms with Gasteiger partial charge in [0.15, 0.2) is 0 Å². The molecule has 1 atom stereocenters. The lowest BCUT2D eigenvalue weighted by Gasteiger charge is -2.31. The van der Waals surface area contributed by atoms with Gasteiger partial charge in [-0.05, 0) is 31.9 Å². The van der Waals surface area contributed by atoms with Crippen molar-refractivity contribution >= 4 is 16.8 Å². The Hall–Kier alpha value is -1.94. The lowest BCUT2D eigenvalue weighted by atomic mass is 10.0. The number of carbonyl (C=O) groups excluding carboxylic acids is 1. The summed E-state index contributed by atoms with van der Waals surface area (Å²) >= 11 is 0. The van der Waals surface area contributed by atoms with Crippen LogP contribution in [0.25, 0.3) is 10.9 Å². The zero-order valence-corrected chi connectivity index (χ0v) is 11.7. The van der Waals surface area contributed by atoms with E-state index in [1.807, 2.05) is 42.2 Å². The van der Waals surface area contributed by atoms with Crippen molar-refractivity contribution in [2.45, 2.75) is 25.8 Å². The summed E-state index contributed by atoms with van der Waals surface area (Å²) in [6, 6.07) is 9.77. The predicted molar refractivity (Wildman–Crippen MR) is 79.6 cm³/mol. The molecule has 0 saturated carbocycles. The molecule has 1 aromatic heterocycles. The minimum absolute atomic E-state index is 0.0712. The standard InChI is InChI=1S/C16H19N3O/c1-11-9-14(13-6-2-3-7-15(13)18-11)16(20)19-8-4-5-12(17)10-19/h2-3,6-7,9,12H,4-5,8,10,17H2,1H3/t12-/m1/s1. The molecule has 0 aliphatic carbocycles. The van der Waals surface area contributed by atoms with Gasteiger partial charge in [0.25, 0.3) is 5.91 Å². The fourth-order valence-corrected chi connectivity index (χ4v) is 2.85. The van der Waals surface area contributed by atoms with E-state index in [4.69, 9.17) is 5.73 Å². The Balaban J connectivity index is 2.02. The fraction of sp³-hybridized carbons (Fsp3) is 0.375. The molecule has 3 rings (SSSR count). The molecule has 20 heavy (non-hydrogen) atoms. The third kappa shape index (κ3) is 2.39. The summed E-state index contributed by atoms with van der Waals surface area (Å²) in [5.41, 5.74) is 8.46. The largest absolute Gasteiger partial charge is 0.337 e. The van der Waals surface area contributed by atoms with Gasteiger partial charge in [-0.15, -0.1) is 0 Å². The number of carbonyl (C=O) groups is 1. The van der Waals surface area contributed by atoms with Gasteiger partial charge < -0.3 is 10.6 Å². The summed E-state index contributed by atoms with van der Waals surface area (Å²) < 4.78 is 0. The summed E-state index contributed by atoms with van der Waals surface area (Å²) in [7, 11) is 0. The van der Waals surface area contributed by atoms with Gasteiger partial charge in [-0.3, -0.25) is 9.78 Å². The van der Waals surface area contributed by atoms with Crippen LogP contribution >= 0.6 is 0 Å². The van der Waals surface area contributed by atoms with Crippen LogP contribution in [-0.2, 0) is 0 Å². The molecule has 0 bridgehead atoms. The maximum Gasteiger partial charge on any atom is 0.254 e. The number of fused-ring (bicyclic) bond motifs is 1. The van der Waals surface area contributed by atoms with E-state index in [0.717, 1.165) is 41.5 Å². The van der Waals surface area contributed by atoms with Crippen molar-refractivity contribution in [1.29, 1.82) is 0 Å². The van der Waals surface area contributed by atoms with E-state index >= 15 is 0 Å². The first-order chi connectivity index (χ1) is 9.65. The highest BCUT2D eigenvalue weighted by Crippen LogP contribution is 2.21. The highest BCUT2D eigenvalue weighted by atomic mass is 16.2. The van der Waals surface area contributed by atoms with Crippen LogP contribution in [0.2, 0.25) is 0 Å². The van der Waals surface area contributed by atoms with Crippen LogP contribution in [-0.4, -0.2) is 34.9 Å². The Morgan fingerprint density at radius 2 is 2.20 bits per heavy atom. The Morgan fingerprint density at radius 1 is 1.40 bits per heavy atom. The minimum Gasteiger partial charge on any atom is -0.337 e. The number of rotatable bonds is 1. The van der Waals surface area contributed by atoms with Gasteiger partial charge in [0.2, 0.25) is 0 Å². The van der Waals surface area contributed by atoms with Crippen LogP contribution in [0.15, 0.2) is 30.3 Å². The second-order valence-corrected chi connectivity index (χ2v) is 5.48. The number of aryl methyl sites for hydroxylation is 1. The van der Waals surface area contributed by atoms with Gasteiger partial charge in [0.1, 0.15) is 0 Å². The molecule has 0 radical (unpaired) electrons. The van der Waals surface area contributed by atoms with Crippen molar-refractivity contribution in [3.05, 3.63) is 41.6 Å². The van der Waals surface area contributed by atoms with Crippen molar-refractivity contribution in [3.8, 4) is 0 Å². The zero-order chi connectivity index (χ0) is 14.1. The van der Waals surface area contributed by atoms with Crippen molar-refractivity contribution in [2.24, 2.45) is 5.73 Å².